The molecule has 2 rings (SSSR count). The van der Waals surface area contributed by atoms with Gasteiger partial charge in [0, 0.05) is 12.6 Å². The van der Waals surface area contributed by atoms with E-state index in [1.807, 2.05) is 0 Å². The zero-order valence-electron chi connectivity index (χ0n) is 14.3. The first kappa shape index (κ1) is 17.3. The minimum absolute atomic E-state index is 0.235. The van der Waals surface area contributed by atoms with Gasteiger partial charge in [-0.2, -0.15) is 0 Å². The molecule has 124 valence electrons. The van der Waals surface area contributed by atoms with Gasteiger partial charge in [-0.15, -0.1) is 0 Å². The van der Waals surface area contributed by atoms with Crippen LogP contribution in [0.5, 0.6) is 5.75 Å². The quantitative estimate of drug-likeness (QED) is 0.793. The summed E-state index contributed by atoms with van der Waals surface area (Å²) in [6.45, 7) is 9.78. The molecule has 0 bridgehead atoms. The number of hydrogen-bond acceptors (Lipinski definition) is 3. The van der Waals surface area contributed by atoms with Crippen molar-refractivity contribution in [2.45, 2.75) is 52.5 Å². The molecule has 0 aromatic heterocycles. The normalized spacial score (nSPS) is 18.4. The molecule has 0 spiro atoms. The lowest BCUT2D eigenvalue weighted by molar-refractivity contribution is 0.125. The summed E-state index contributed by atoms with van der Waals surface area (Å²) in [5.74, 6) is 1.23. The summed E-state index contributed by atoms with van der Waals surface area (Å²) in [6.07, 6.45) is 4.57. The molecule has 0 saturated carbocycles. The van der Waals surface area contributed by atoms with Crippen molar-refractivity contribution in [3.63, 3.8) is 0 Å². The Hall–Kier alpha value is -1.06. The van der Waals surface area contributed by atoms with E-state index in [1.165, 1.54) is 24.0 Å². The van der Waals surface area contributed by atoms with E-state index >= 15 is 0 Å². The van der Waals surface area contributed by atoms with Crippen molar-refractivity contribution in [3.8, 4) is 5.75 Å². The molecule has 1 saturated heterocycles. The summed E-state index contributed by atoms with van der Waals surface area (Å²) in [7, 11) is 0. The van der Waals surface area contributed by atoms with Crippen LogP contribution in [-0.4, -0.2) is 36.3 Å². The number of aliphatic hydroxyl groups is 1. The Morgan fingerprint density at radius 3 is 2.55 bits per heavy atom. The zero-order chi connectivity index (χ0) is 15.9. The van der Waals surface area contributed by atoms with Crippen molar-refractivity contribution in [3.05, 3.63) is 29.3 Å². The Kier molecular flexibility index (Phi) is 6.71. The second-order valence-electron chi connectivity index (χ2n) is 6.41. The highest BCUT2D eigenvalue weighted by Gasteiger charge is 2.29. The maximum absolute atomic E-state index is 9.71. The Balaban J connectivity index is 2.29. The van der Waals surface area contributed by atoms with Crippen LogP contribution in [0, 0.1) is 5.92 Å². The summed E-state index contributed by atoms with van der Waals surface area (Å²) in [4.78, 5) is 2.54. The largest absolute Gasteiger partial charge is 0.494 e. The molecule has 0 radical (unpaired) electrons. The fraction of sp³-hybridized carbons (Fsp3) is 0.684. The Bertz CT molecular complexity index is 455. The highest BCUT2D eigenvalue weighted by atomic mass is 16.5. The molecule has 2 unspecified atom stereocenters. The van der Waals surface area contributed by atoms with Gasteiger partial charge in [-0.1, -0.05) is 26.8 Å². The lowest BCUT2D eigenvalue weighted by Crippen LogP contribution is -2.32. The molecule has 1 aromatic carbocycles. The standard InChI is InChI=1S/C19H31NO2/c1-4-12-22-17-8-9-18(16(5-2)13-17)19(15(3)14-21)20-10-6-7-11-20/h8-9,13,15,19,21H,4-7,10-12,14H2,1-3H3. The number of aliphatic hydroxyl groups excluding tert-OH is 1. The van der Waals surface area contributed by atoms with E-state index in [1.54, 1.807) is 0 Å². The van der Waals surface area contributed by atoms with Gasteiger partial charge >= 0.3 is 0 Å². The van der Waals surface area contributed by atoms with Gasteiger partial charge in [-0.05, 0) is 68.0 Å². The second-order valence-corrected chi connectivity index (χ2v) is 6.41. The first-order valence-electron chi connectivity index (χ1n) is 8.81. The molecular weight excluding hydrogens is 274 g/mol. The summed E-state index contributed by atoms with van der Waals surface area (Å²) in [6, 6.07) is 6.83. The van der Waals surface area contributed by atoms with Crippen molar-refractivity contribution < 1.29 is 9.84 Å². The lowest BCUT2D eigenvalue weighted by Gasteiger charge is -2.33. The van der Waals surface area contributed by atoms with Crippen molar-refractivity contribution in [1.82, 2.24) is 4.90 Å². The third-order valence-corrected chi connectivity index (χ3v) is 4.65. The van der Waals surface area contributed by atoms with E-state index in [0.29, 0.717) is 6.04 Å². The average molecular weight is 305 g/mol. The molecule has 1 aromatic rings. The molecule has 0 aliphatic carbocycles. The molecule has 1 N–H and O–H groups in total. The van der Waals surface area contributed by atoms with E-state index in [9.17, 15) is 5.11 Å². The van der Waals surface area contributed by atoms with Gasteiger partial charge in [0.15, 0.2) is 0 Å². The van der Waals surface area contributed by atoms with Crippen LogP contribution in [-0.2, 0) is 6.42 Å². The minimum Gasteiger partial charge on any atom is -0.494 e. The smallest absolute Gasteiger partial charge is 0.119 e. The van der Waals surface area contributed by atoms with Gasteiger partial charge < -0.3 is 9.84 Å². The maximum Gasteiger partial charge on any atom is 0.119 e. The summed E-state index contributed by atoms with van der Waals surface area (Å²) in [5, 5.41) is 9.71. The molecule has 2 atom stereocenters. The summed E-state index contributed by atoms with van der Waals surface area (Å²) < 4.78 is 5.78. The van der Waals surface area contributed by atoms with Crippen LogP contribution in [0.4, 0.5) is 0 Å². The number of rotatable bonds is 8. The van der Waals surface area contributed by atoms with Crippen LogP contribution in [0.3, 0.4) is 0 Å². The molecule has 22 heavy (non-hydrogen) atoms. The highest BCUT2D eigenvalue weighted by Crippen LogP contribution is 2.35. The molecule has 3 heteroatoms. The van der Waals surface area contributed by atoms with Gasteiger partial charge in [0.2, 0.25) is 0 Å². The molecule has 3 nitrogen and oxygen atoms in total. The Labute approximate surface area is 135 Å². The molecule has 0 amide bonds. The number of ether oxygens (including phenoxy) is 1. The number of hydrogen-bond donors (Lipinski definition) is 1. The predicted octanol–water partition coefficient (Wildman–Crippen LogP) is 3.80. The van der Waals surface area contributed by atoms with Gasteiger partial charge in [0.25, 0.3) is 0 Å². The van der Waals surface area contributed by atoms with Crippen LogP contribution < -0.4 is 4.74 Å². The van der Waals surface area contributed by atoms with Gasteiger partial charge in [-0.25, -0.2) is 0 Å². The summed E-state index contributed by atoms with van der Waals surface area (Å²) >= 11 is 0. The van der Waals surface area contributed by atoms with Gasteiger partial charge in [-0.3, -0.25) is 4.90 Å². The van der Waals surface area contributed by atoms with E-state index < -0.39 is 0 Å². The molecule has 1 aliphatic heterocycles. The lowest BCUT2D eigenvalue weighted by atomic mass is 9.89. The Morgan fingerprint density at radius 2 is 1.95 bits per heavy atom. The summed E-state index contributed by atoms with van der Waals surface area (Å²) in [5.41, 5.74) is 2.72. The fourth-order valence-electron chi connectivity index (χ4n) is 3.47. The van der Waals surface area contributed by atoms with Crippen LogP contribution in [0.1, 0.15) is 57.2 Å². The third-order valence-electron chi connectivity index (χ3n) is 4.65. The topological polar surface area (TPSA) is 32.7 Å². The highest BCUT2D eigenvalue weighted by molar-refractivity contribution is 5.38. The fourth-order valence-corrected chi connectivity index (χ4v) is 3.47. The van der Waals surface area contributed by atoms with Crippen LogP contribution >= 0.6 is 0 Å². The van der Waals surface area contributed by atoms with Gasteiger partial charge in [0.05, 0.1) is 6.61 Å². The van der Waals surface area contributed by atoms with Crippen molar-refractivity contribution in [2.75, 3.05) is 26.3 Å². The monoisotopic (exact) mass is 305 g/mol. The van der Waals surface area contributed by atoms with E-state index in [-0.39, 0.29) is 12.5 Å². The van der Waals surface area contributed by atoms with Crippen LogP contribution in [0.25, 0.3) is 0 Å². The van der Waals surface area contributed by atoms with Crippen molar-refractivity contribution >= 4 is 0 Å². The number of nitrogens with zero attached hydrogens (tertiary/aromatic N) is 1. The molecular formula is C19H31NO2. The molecule has 1 fully saturated rings. The second kappa shape index (κ2) is 8.54. The van der Waals surface area contributed by atoms with Gasteiger partial charge in [0.1, 0.15) is 5.75 Å². The Morgan fingerprint density at radius 1 is 1.23 bits per heavy atom. The number of benzene rings is 1. The van der Waals surface area contributed by atoms with Crippen molar-refractivity contribution in [1.29, 1.82) is 0 Å². The third kappa shape index (κ3) is 4.02. The maximum atomic E-state index is 9.71. The predicted molar refractivity (Wildman–Crippen MR) is 91.4 cm³/mol. The average Bonchev–Trinajstić information content (AvgIpc) is 3.07. The van der Waals surface area contributed by atoms with E-state index in [4.69, 9.17) is 4.74 Å². The number of likely N-dealkylation sites (tertiary alicyclic amines) is 1. The zero-order valence-corrected chi connectivity index (χ0v) is 14.3. The first-order chi connectivity index (χ1) is 10.7. The molecule has 1 aliphatic rings. The van der Waals surface area contributed by atoms with E-state index in [2.05, 4.69) is 43.9 Å². The van der Waals surface area contributed by atoms with Crippen molar-refractivity contribution in [2.24, 2.45) is 5.92 Å². The SMILES string of the molecule is CCCOc1ccc(C(C(C)CO)N2CCCC2)c(CC)c1. The first-order valence-corrected chi connectivity index (χ1v) is 8.81. The minimum atomic E-state index is 0.235. The number of aryl methyl sites for hydroxylation is 1. The van der Waals surface area contributed by atoms with E-state index in [0.717, 1.165) is 38.3 Å². The van der Waals surface area contributed by atoms with Crippen LogP contribution in [0.2, 0.25) is 0 Å². The molecule has 1 heterocycles. The van der Waals surface area contributed by atoms with Crippen LogP contribution in [0.15, 0.2) is 18.2 Å².